The molecule has 0 bridgehead atoms. The fraction of sp³-hybridized carbons (Fsp3) is 0.800. The van der Waals surface area contributed by atoms with Gasteiger partial charge < -0.3 is 0 Å². The predicted molar refractivity (Wildman–Crippen MR) is 134 cm³/mol. The van der Waals surface area contributed by atoms with Gasteiger partial charge in [-0.25, -0.2) is 0 Å². The van der Waals surface area contributed by atoms with Crippen molar-refractivity contribution in [2.24, 2.45) is 34.0 Å². The van der Waals surface area contributed by atoms with Crippen LogP contribution in [0.5, 0.6) is 0 Å². The fourth-order valence-corrected chi connectivity index (χ4v) is 8.47. The molecule has 3 saturated carbocycles. The zero-order valence-corrected chi connectivity index (χ0v) is 21.4. The summed E-state index contributed by atoms with van der Waals surface area (Å²) < 4.78 is 0. The maximum absolute atomic E-state index is 4.67. The van der Waals surface area contributed by atoms with Gasteiger partial charge in [0.2, 0.25) is 0 Å². The molecule has 5 atom stereocenters. The molecule has 3 fully saturated rings. The molecule has 0 aliphatic heterocycles. The molecule has 3 aliphatic carbocycles. The van der Waals surface area contributed by atoms with E-state index >= 15 is 0 Å². The van der Waals surface area contributed by atoms with E-state index < -0.39 is 0 Å². The highest BCUT2D eigenvalue weighted by atomic mass is 14.7. The van der Waals surface area contributed by atoms with Crippen molar-refractivity contribution in [2.45, 2.75) is 119 Å². The van der Waals surface area contributed by atoms with Gasteiger partial charge in [0.15, 0.2) is 0 Å². The van der Waals surface area contributed by atoms with Gasteiger partial charge in [0.05, 0.1) is 0 Å². The summed E-state index contributed by atoms with van der Waals surface area (Å²) in [6.45, 7) is 21.8. The van der Waals surface area contributed by atoms with E-state index in [4.69, 9.17) is 0 Å². The molecule has 3 rings (SSSR count). The minimum Gasteiger partial charge on any atom is -0.0995 e. The Bertz CT molecular complexity index is 685. The summed E-state index contributed by atoms with van der Waals surface area (Å²) in [6.07, 6.45) is 19.7. The first kappa shape index (κ1) is 23.9. The van der Waals surface area contributed by atoms with E-state index in [1.54, 1.807) is 11.1 Å². The number of hydrogen-bond acceptors (Lipinski definition) is 0. The van der Waals surface area contributed by atoms with Gasteiger partial charge in [0.1, 0.15) is 0 Å². The van der Waals surface area contributed by atoms with E-state index in [0.29, 0.717) is 16.2 Å². The van der Waals surface area contributed by atoms with Crippen LogP contribution in [0, 0.1) is 34.0 Å². The van der Waals surface area contributed by atoms with Crippen molar-refractivity contribution in [3.63, 3.8) is 0 Å². The topological polar surface area (TPSA) is 0 Å². The van der Waals surface area contributed by atoms with Crippen molar-refractivity contribution < 1.29 is 0 Å². The average Bonchev–Trinajstić information content (AvgIpc) is 2.99. The number of allylic oxidation sites excluding steroid dienone is 5. The molecule has 0 radical (unpaired) electrons. The van der Waals surface area contributed by atoms with Crippen molar-refractivity contribution in [1.29, 1.82) is 0 Å². The molecule has 3 aliphatic rings. The van der Waals surface area contributed by atoms with Crippen LogP contribution in [0.2, 0.25) is 0 Å². The van der Waals surface area contributed by atoms with Gasteiger partial charge in [-0.15, -0.1) is 0 Å². The Hall–Kier alpha value is -0.780. The highest BCUT2D eigenvalue weighted by molar-refractivity contribution is 5.18. The van der Waals surface area contributed by atoms with Crippen LogP contribution in [0.3, 0.4) is 0 Å². The third-order valence-corrected chi connectivity index (χ3v) is 9.92. The molecule has 0 aromatic heterocycles. The molecular formula is C30H50. The molecule has 0 unspecified atom stereocenters. The Morgan fingerprint density at radius 3 is 2.20 bits per heavy atom. The minimum absolute atomic E-state index is 0.498. The van der Waals surface area contributed by atoms with Gasteiger partial charge in [-0.1, -0.05) is 69.6 Å². The lowest BCUT2D eigenvalue weighted by Gasteiger charge is -2.62. The Balaban J connectivity index is 1.62. The van der Waals surface area contributed by atoms with Crippen LogP contribution in [-0.2, 0) is 0 Å². The van der Waals surface area contributed by atoms with Gasteiger partial charge in [-0.2, -0.15) is 0 Å². The smallest absolute Gasteiger partial charge is 0.0149 e. The van der Waals surface area contributed by atoms with Gasteiger partial charge >= 0.3 is 0 Å². The van der Waals surface area contributed by atoms with Crippen molar-refractivity contribution >= 4 is 0 Å². The SMILES string of the molecule is C=C(CC/C=C(\C)CCC=C(C)C)[C@H]1CC[C@H]2[C@@]1(C)CC[C@@H]1C(C)(C)CCC[C@]21C. The number of rotatable bonds is 7. The maximum atomic E-state index is 4.67. The van der Waals surface area contributed by atoms with Crippen molar-refractivity contribution in [1.82, 2.24) is 0 Å². The van der Waals surface area contributed by atoms with Gasteiger partial charge in [-0.3, -0.25) is 0 Å². The first-order chi connectivity index (χ1) is 14.0. The van der Waals surface area contributed by atoms with Crippen LogP contribution >= 0.6 is 0 Å². The quantitative estimate of drug-likeness (QED) is 0.366. The molecule has 0 amide bonds. The molecule has 0 nitrogen and oxygen atoms in total. The van der Waals surface area contributed by atoms with E-state index in [9.17, 15) is 0 Å². The molecule has 170 valence electrons. The summed E-state index contributed by atoms with van der Waals surface area (Å²) in [4.78, 5) is 0. The Labute approximate surface area is 188 Å². The molecule has 0 spiro atoms. The Morgan fingerprint density at radius 2 is 1.50 bits per heavy atom. The van der Waals surface area contributed by atoms with Crippen LogP contribution in [0.1, 0.15) is 119 Å². The van der Waals surface area contributed by atoms with Crippen molar-refractivity contribution in [2.75, 3.05) is 0 Å². The predicted octanol–water partition coefficient (Wildman–Crippen LogP) is 9.67. The first-order valence-electron chi connectivity index (χ1n) is 13.0. The van der Waals surface area contributed by atoms with E-state index in [1.165, 1.54) is 76.2 Å². The van der Waals surface area contributed by atoms with Gasteiger partial charge in [0.25, 0.3) is 0 Å². The van der Waals surface area contributed by atoms with Crippen molar-refractivity contribution in [3.8, 4) is 0 Å². The second-order valence-electron chi connectivity index (χ2n) is 12.7. The van der Waals surface area contributed by atoms with Gasteiger partial charge in [0, 0.05) is 0 Å². The van der Waals surface area contributed by atoms with Gasteiger partial charge in [-0.05, 0) is 119 Å². The normalized spacial score (nSPS) is 38.0. The summed E-state index contributed by atoms with van der Waals surface area (Å²) >= 11 is 0. The van der Waals surface area contributed by atoms with Crippen molar-refractivity contribution in [3.05, 3.63) is 35.5 Å². The maximum Gasteiger partial charge on any atom is -0.0149 e. The third kappa shape index (κ3) is 4.54. The summed E-state index contributed by atoms with van der Waals surface area (Å²) in [5, 5.41) is 0. The van der Waals surface area contributed by atoms with Crippen LogP contribution < -0.4 is 0 Å². The molecule has 0 aromatic carbocycles. The van der Waals surface area contributed by atoms with Crippen LogP contribution in [0.25, 0.3) is 0 Å². The highest BCUT2D eigenvalue weighted by Crippen LogP contribution is 2.70. The number of fused-ring (bicyclic) bond motifs is 3. The lowest BCUT2D eigenvalue weighted by atomic mass is 9.43. The second-order valence-corrected chi connectivity index (χ2v) is 12.7. The monoisotopic (exact) mass is 410 g/mol. The molecule has 0 aromatic rings. The van der Waals surface area contributed by atoms with E-state index in [0.717, 1.165) is 17.8 Å². The zero-order valence-electron chi connectivity index (χ0n) is 21.4. The fourth-order valence-electron chi connectivity index (χ4n) is 8.47. The molecule has 0 heteroatoms. The molecular weight excluding hydrogens is 360 g/mol. The second kappa shape index (κ2) is 8.99. The standard InChI is InChI=1S/C30H50/c1-22(2)12-9-13-23(3)14-10-15-24(4)25-16-17-27-29(25,7)21-18-26-28(5,6)19-11-20-30(26,27)8/h12,14,25-27H,4,9-11,13,15-21H2,1-3,5-8H3/b23-14+/t25-,26-,27+,29+,30+/m1/s1. The molecule has 0 N–H and O–H groups in total. The zero-order chi connectivity index (χ0) is 22.2. The summed E-state index contributed by atoms with van der Waals surface area (Å²) in [5.74, 6) is 2.59. The average molecular weight is 411 g/mol. The Kier molecular flexibility index (Phi) is 7.16. The molecule has 0 heterocycles. The van der Waals surface area contributed by atoms with E-state index in [1.807, 2.05) is 0 Å². The number of hydrogen-bond donors (Lipinski definition) is 0. The highest BCUT2D eigenvalue weighted by Gasteiger charge is 2.62. The summed E-state index contributed by atoms with van der Waals surface area (Å²) in [5.41, 5.74) is 6.14. The third-order valence-electron chi connectivity index (χ3n) is 9.92. The largest absolute Gasteiger partial charge is 0.0995 e. The lowest BCUT2D eigenvalue weighted by Crippen LogP contribution is -2.54. The van der Waals surface area contributed by atoms with Crippen LogP contribution in [-0.4, -0.2) is 0 Å². The molecule has 0 saturated heterocycles. The summed E-state index contributed by atoms with van der Waals surface area (Å²) in [6, 6.07) is 0. The van der Waals surface area contributed by atoms with Crippen LogP contribution in [0.15, 0.2) is 35.5 Å². The van der Waals surface area contributed by atoms with E-state index in [-0.39, 0.29) is 0 Å². The minimum atomic E-state index is 0.498. The lowest BCUT2D eigenvalue weighted by molar-refractivity contribution is -0.123. The summed E-state index contributed by atoms with van der Waals surface area (Å²) in [7, 11) is 0. The van der Waals surface area contributed by atoms with Crippen LogP contribution in [0.4, 0.5) is 0 Å². The Morgan fingerprint density at radius 1 is 0.800 bits per heavy atom. The molecule has 30 heavy (non-hydrogen) atoms. The van der Waals surface area contributed by atoms with E-state index in [2.05, 4.69) is 67.2 Å². The first-order valence-corrected chi connectivity index (χ1v) is 13.0.